The second-order valence-electron chi connectivity index (χ2n) is 5.01. The molecule has 0 aliphatic rings. The van der Waals surface area contributed by atoms with Gasteiger partial charge in [0.25, 0.3) is 0 Å². The molecule has 122 valence electrons. The van der Waals surface area contributed by atoms with Gasteiger partial charge in [0.05, 0.1) is 9.35 Å². The lowest BCUT2D eigenvalue weighted by Gasteiger charge is -2.07. The first-order valence-corrected chi connectivity index (χ1v) is 8.90. The molecule has 1 aromatic carbocycles. The van der Waals surface area contributed by atoms with Crippen LogP contribution in [0.3, 0.4) is 0 Å². The number of benzene rings is 1. The maximum atomic E-state index is 11.9. The Morgan fingerprint density at radius 1 is 1.12 bits per heavy atom. The molecule has 24 heavy (non-hydrogen) atoms. The molecule has 3 aromatic rings. The van der Waals surface area contributed by atoms with Crippen molar-refractivity contribution in [3.05, 3.63) is 80.7 Å². The molecule has 0 atom stereocenters. The Balaban J connectivity index is 1.50. The van der Waals surface area contributed by atoms with Crippen molar-refractivity contribution >= 4 is 33.2 Å². The van der Waals surface area contributed by atoms with Crippen molar-refractivity contribution in [2.45, 2.75) is 13.2 Å². The first-order chi connectivity index (χ1) is 11.7. The van der Waals surface area contributed by atoms with Crippen LogP contribution < -0.4 is 4.74 Å². The molecule has 0 amide bonds. The molecule has 0 unspecified atom stereocenters. The van der Waals surface area contributed by atoms with Crippen molar-refractivity contribution in [1.82, 2.24) is 4.98 Å². The average Bonchev–Trinajstić information content (AvgIpc) is 3.06. The average molecular weight is 404 g/mol. The van der Waals surface area contributed by atoms with E-state index in [-0.39, 0.29) is 12.6 Å². The summed E-state index contributed by atoms with van der Waals surface area (Å²) in [5.74, 6) is 0.435. The highest BCUT2D eigenvalue weighted by Crippen LogP contribution is 2.21. The zero-order valence-electron chi connectivity index (χ0n) is 12.6. The van der Waals surface area contributed by atoms with Crippen LogP contribution in [0.1, 0.15) is 21.5 Å². The lowest BCUT2D eigenvalue weighted by Crippen LogP contribution is -2.03. The van der Waals surface area contributed by atoms with Gasteiger partial charge in [-0.3, -0.25) is 4.98 Å². The Kier molecular flexibility index (Phi) is 5.61. The van der Waals surface area contributed by atoms with Crippen molar-refractivity contribution in [1.29, 1.82) is 0 Å². The molecule has 0 saturated heterocycles. The summed E-state index contributed by atoms with van der Waals surface area (Å²) in [6.07, 6.45) is 3.50. The predicted molar refractivity (Wildman–Crippen MR) is 96.1 cm³/mol. The Bertz CT molecular complexity index is 803. The van der Waals surface area contributed by atoms with E-state index in [1.807, 2.05) is 36.4 Å². The molecule has 6 heteroatoms. The van der Waals surface area contributed by atoms with Gasteiger partial charge in [-0.15, -0.1) is 11.3 Å². The number of carbonyl (C=O) groups is 1. The van der Waals surface area contributed by atoms with Crippen LogP contribution in [0, 0.1) is 0 Å². The lowest BCUT2D eigenvalue weighted by atomic mass is 10.2. The van der Waals surface area contributed by atoms with Crippen LogP contribution >= 0.6 is 27.3 Å². The number of aromatic nitrogens is 1. The molecule has 2 heterocycles. The van der Waals surface area contributed by atoms with Gasteiger partial charge in [-0.05, 0) is 45.8 Å². The van der Waals surface area contributed by atoms with Crippen LogP contribution in [0.4, 0.5) is 0 Å². The highest BCUT2D eigenvalue weighted by atomic mass is 79.9. The minimum Gasteiger partial charge on any atom is -0.489 e. The number of carbonyl (C=O) groups excluding carboxylic acids is 1. The fraction of sp³-hybridized carbons (Fsp3) is 0.111. The van der Waals surface area contributed by atoms with Gasteiger partial charge in [-0.1, -0.05) is 18.2 Å². The molecular weight excluding hydrogens is 390 g/mol. The van der Waals surface area contributed by atoms with Crippen LogP contribution in [-0.2, 0) is 18.0 Å². The number of ether oxygens (including phenoxy) is 2. The number of pyridine rings is 1. The largest absolute Gasteiger partial charge is 0.489 e. The van der Waals surface area contributed by atoms with E-state index in [0.29, 0.717) is 12.2 Å². The number of hydrogen-bond donors (Lipinski definition) is 0. The van der Waals surface area contributed by atoms with Gasteiger partial charge in [-0.25, -0.2) is 4.79 Å². The van der Waals surface area contributed by atoms with E-state index in [1.54, 1.807) is 23.8 Å². The van der Waals surface area contributed by atoms with Crippen LogP contribution in [0.2, 0.25) is 0 Å². The van der Waals surface area contributed by atoms with Crippen molar-refractivity contribution < 1.29 is 14.3 Å². The van der Waals surface area contributed by atoms with Crippen LogP contribution in [0.5, 0.6) is 5.75 Å². The molecule has 4 nitrogen and oxygen atoms in total. The number of hydrogen-bond acceptors (Lipinski definition) is 5. The first-order valence-electron chi connectivity index (χ1n) is 7.22. The molecule has 0 aliphatic heterocycles. The summed E-state index contributed by atoms with van der Waals surface area (Å²) in [7, 11) is 0. The Morgan fingerprint density at radius 3 is 2.62 bits per heavy atom. The second-order valence-corrected chi connectivity index (χ2v) is 7.30. The summed E-state index contributed by atoms with van der Waals surface area (Å²) in [5.41, 5.74) is 2.48. The molecule has 0 radical (unpaired) electrons. The molecule has 0 saturated carbocycles. The van der Waals surface area contributed by atoms with Crippen molar-refractivity contribution in [3.8, 4) is 5.75 Å². The normalized spacial score (nSPS) is 10.4. The molecule has 3 rings (SSSR count). The quantitative estimate of drug-likeness (QED) is 0.552. The minimum absolute atomic E-state index is 0.231. The van der Waals surface area contributed by atoms with Crippen LogP contribution in [-0.4, -0.2) is 11.0 Å². The van der Waals surface area contributed by atoms with E-state index in [2.05, 4.69) is 20.9 Å². The van der Waals surface area contributed by atoms with Crippen LogP contribution in [0.15, 0.2) is 64.0 Å². The maximum Gasteiger partial charge on any atom is 0.339 e. The standard InChI is InChI=1S/C18H14BrNO3S/c19-17-8-15(12-24-17)18(21)23-10-13-3-5-16(6-4-13)22-11-14-2-1-7-20-9-14/h1-9,12H,10-11H2. The Labute approximate surface area is 152 Å². The zero-order valence-corrected chi connectivity index (χ0v) is 15.0. The third kappa shape index (κ3) is 4.66. The molecule has 0 spiro atoms. The van der Waals surface area contributed by atoms with Gasteiger partial charge in [0.2, 0.25) is 0 Å². The van der Waals surface area contributed by atoms with Crippen molar-refractivity contribution in [2.75, 3.05) is 0 Å². The summed E-state index contributed by atoms with van der Waals surface area (Å²) in [6, 6.07) is 13.1. The number of halogens is 1. The summed E-state index contributed by atoms with van der Waals surface area (Å²) >= 11 is 4.78. The number of thiophene rings is 1. The lowest BCUT2D eigenvalue weighted by molar-refractivity contribution is 0.0473. The molecule has 0 fully saturated rings. The minimum atomic E-state index is -0.325. The number of esters is 1. The van der Waals surface area contributed by atoms with Gasteiger partial charge in [0, 0.05) is 23.3 Å². The van der Waals surface area contributed by atoms with E-state index < -0.39 is 0 Å². The third-order valence-corrected chi connectivity index (χ3v) is 4.73. The number of nitrogens with zero attached hydrogens (tertiary/aromatic N) is 1. The topological polar surface area (TPSA) is 48.4 Å². The first kappa shape index (κ1) is 16.7. The summed E-state index contributed by atoms with van der Waals surface area (Å²) in [5, 5.41) is 1.77. The van der Waals surface area contributed by atoms with E-state index in [4.69, 9.17) is 9.47 Å². The molecule has 0 bridgehead atoms. The zero-order chi connectivity index (χ0) is 16.8. The fourth-order valence-corrected chi connectivity index (χ4v) is 3.11. The van der Waals surface area contributed by atoms with E-state index in [1.165, 1.54) is 11.3 Å². The predicted octanol–water partition coefficient (Wildman–Crippen LogP) is 4.84. The van der Waals surface area contributed by atoms with Crippen molar-refractivity contribution in [2.24, 2.45) is 0 Å². The van der Waals surface area contributed by atoms with E-state index >= 15 is 0 Å². The van der Waals surface area contributed by atoms with Gasteiger partial charge < -0.3 is 9.47 Å². The van der Waals surface area contributed by atoms with Gasteiger partial charge in [0.15, 0.2) is 0 Å². The van der Waals surface area contributed by atoms with E-state index in [0.717, 1.165) is 20.7 Å². The SMILES string of the molecule is O=C(OCc1ccc(OCc2cccnc2)cc1)c1csc(Br)c1. The molecule has 2 aromatic heterocycles. The van der Waals surface area contributed by atoms with Crippen LogP contribution in [0.25, 0.3) is 0 Å². The molecule has 0 N–H and O–H groups in total. The molecule has 0 aliphatic carbocycles. The maximum absolute atomic E-state index is 11.9. The van der Waals surface area contributed by atoms with Crippen molar-refractivity contribution in [3.63, 3.8) is 0 Å². The monoisotopic (exact) mass is 403 g/mol. The second kappa shape index (κ2) is 8.08. The van der Waals surface area contributed by atoms with Gasteiger partial charge in [0.1, 0.15) is 19.0 Å². The summed E-state index contributed by atoms with van der Waals surface area (Å²) < 4.78 is 11.9. The van der Waals surface area contributed by atoms with E-state index in [9.17, 15) is 4.79 Å². The highest BCUT2D eigenvalue weighted by Gasteiger charge is 2.09. The Hall–Kier alpha value is -2.18. The number of rotatable bonds is 6. The third-order valence-electron chi connectivity index (χ3n) is 3.22. The molecular formula is C18H14BrNO3S. The smallest absolute Gasteiger partial charge is 0.339 e. The van der Waals surface area contributed by atoms with Gasteiger partial charge in [-0.2, -0.15) is 0 Å². The Morgan fingerprint density at radius 2 is 1.96 bits per heavy atom. The van der Waals surface area contributed by atoms with Gasteiger partial charge >= 0.3 is 5.97 Å². The summed E-state index contributed by atoms with van der Waals surface area (Å²) in [4.78, 5) is 15.9. The summed E-state index contributed by atoms with van der Waals surface area (Å²) in [6.45, 7) is 0.699. The fourth-order valence-electron chi connectivity index (χ4n) is 1.98. The highest BCUT2D eigenvalue weighted by molar-refractivity contribution is 9.11.